The number of hydrogen-bond acceptors (Lipinski definition) is 3. The molecule has 17 heavy (non-hydrogen) atoms. The van der Waals surface area contributed by atoms with Gasteiger partial charge in [0.15, 0.2) is 0 Å². The van der Waals surface area contributed by atoms with E-state index in [-0.39, 0.29) is 0 Å². The summed E-state index contributed by atoms with van der Waals surface area (Å²) in [5.74, 6) is 3.60. The number of amides is 2. The highest BCUT2D eigenvalue weighted by atomic mass is 16.2. The van der Waals surface area contributed by atoms with Gasteiger partial charge >= 0.3 is 11.8 Å². The highest BCUT2D eigenvalue weighted by Crippen LogP contribution is 2.27. The molecule has 0 saturated carbocycles. The molecule has 3 N–H and O–H groups in total. The van der Waals surface area contributed by atoms with Crippen molar-refractivity contribution in [3.8, 4) is 0 Å². The van der Waals surface area contributed by atoms with E-state index in [1.165, 1.54) is 4.90 Å². The van der Waals surface area contributed by atoms with Gasteiger partial charge in [0.25, 0.3) is 0 Å². The van der Waals surface area contributed by atoms with Crippen LogP contribution in [0.1, 0.15) is 17.5 Å². The van der Waals surface area contributed by atoms with Crippen LogP contribution in [-0.2, 0) is 16.0 Å². The molecule has 0 aromatic heterocycles. The molecule has 0 unspecified atom stereocenters. The van der Waals surface area contributed by atoms with Crippen molar-refractivity contribution in [2.24, 2.45) is 5.84 Å². The van der Waals surface area contributed by atoms with E-state index in [1.54, 1.807) is 0 Å². The molecule has 0 radical (unpaired) electrons. The summed E-state index contributed by atoms with van der Waals surface area (Å²) in [5, 5.41) is 0. The van der Waals surface area contributed by atoms with Crippen LogP contribution in [0.4, 0.5) is 5.69 Å². The number of carbonyl (C=O) groups excluding carboxylic acids is 2. The molecule has 0 saturated heterocycles. The second kappa shape index (κ2) is 4.55. The average molecular weight is 233 g/mol. The van der Waals surface area contributed by atoms with Crippen molar-refractivity contribution in [3.05, 3.63) is 29.3 Å². The van der Waals surface area contributed by atoms with Crippen molar-refractivity contribution >= 4 is 17.5 Å². The Hall–Kier alpha value is -1.88. The molecule has 2 rings (SSSR count). The molecule has 0 aliphatic carbocycles. The summed E-state index contributed by atoms with van der Waals surface area (Å²) in [4.78, 5) is 24.6. The second-order valence-electron chi connectivity index (χ2n) is 4.17. The Morgan fingerprint density at radius 1 is 1.41 bits per heavy atom. The lowest BCUT2D eigenvalue weighted by Gasteiger charge is -2.28. The standard InChI is InChI=1S/C12H15N3O2/c1-8-4-5-10-9(7-8)3-2-6-15(10)12(17)11(16)14-13/h4-5,7H,2-3,6,13H2,1H3,(H,14,16). The van der Waals surface area contributed by atoms with Gasteiger partial charge in [-0.05, 0) is 31.4 Å². The fraction of sp³-hybridized carbons (Fsp3) is 0.333. The summed E-state index contributed by atoms with van der Waals surface area (Å²) in [6.07, 6.45) is 1.80. The molecular formula is C12H15N3O2. The third kappa shape index (κ3) is 2.14. The second-order valence-corrected chi connectivity index (χ2v) is 4.17. The summed E-state index contributed by atoms with van der Waals surface area (Å²) in [6.45, 7) is 2.57. The first-order valence-corrected chi connectivity index (χ1v) is 5.55. The average Bonchev–Trinajstić information content (AvgIpc) is 2.35. The van der Waals surface area contributed by atoms with Gasteiger partial charge in [0.2, 0.25) is 0 Å². The number of fused-ring (bicyclic) bond motifs is 1. The van der Waals surface area contributed by atoms with Crippen LogP contribution >= 0.6 is 0 Å². The predicted octanol–water partition coefficient (Wildman–Crippen LogP) is 0.264. The topological polar surface area (TPSA) is 75.4 Å². The molecule has 5 nitrogen and oxygen atoms in total. The van der Waals surface area contributed by atoms with Crippen molar-refractivity contribution in [2.45, 2.75) is 19.8 Å². The van der Waals surface area contributed by atoms with E-state index in [1.807, 2.05) is 24.5 Å². The zero-order valence-electron chi connectivity index (χ0n) is 9.69. The van der Waals surface area contributed by atoms with Crippen LogP contribution in [0, 0.1) is 6.92 Å². The summed E-state index contributed by atoms with van der Waals surface area (Å²) in [7, 11) is 0. The number of hydrazine groups is 1. The van der Waals surface area contributed by atoms with E-state index < -0.39 is 11.8 Å². The van der Waals surface area contributed by atoms with E-state index in [2.05, 4.69) is 6.07 Å². The van der Waals surface area contributed by atoms with Crippen molar-refractivity contribution in [3.63, 3.8) is 0 Å². The zero-order chi connectivity index (χ0) is 12.4. The van der Waals surface area contributed by atoms with Crippen molar-refractivity contribution in [2.75, 3.05) is 11.4 Å². The van der Waals surface area contributed by atoms with Gasteiger partial charge in [-0.1, -0.05) is 17.7 Å². The monoisotopic (exact) mass is 233 g/mol. The Labute approximate surface area is 99.6 Å². The minimum absolute atomic E-state index is 0.558. The first-order chi connectivity index (χ1) is 8.13. The van der Waals surface area contributed by atoms with Gasteiger partial charge in [0, 0.05) is 12.2 Å². The number of nitrogens with one attached hydrogen (secondary N) is 1. The molecule has 2 amide bonds. The Kier molecular flexibility index (Phi) is 3.10. The van der Waals surface area contributed by atoms with E-state index in [9.17, 15) is 9.59 Å². The maximum Gasteiger partial charge on any atom is 0.323 e. The van der Waals surface area contributed by atoms with E-state index in [0.717, 1.165) is 29.7 Å². The van der Waals surface area contributed by atoms with Gasteiger partial charge in [0.1, 0.15) is 0 Å². The number of hydrogen-bond donors (Lipinski definition) is 2. The smallest absolute Gasteiger partial charge is 0.304 e. The number of nitrogens with two attached hydrogens (primary N) is 1. The van der Waals surface area contributed by atoms with Crippen molar-refractivity contribution < 1.29 is 9.59 Å². The quantitative estimate of drug-likeness (QED) is 0.292. The molecule has 0 fully saturated rings. The number of nitrogens with zero attached hydrogens (tertiary/aromatic N) is 1. The Morgan fingerprint density at radius 3 is 2.88 bits per heavy atom. The molecule has 1 aromatic carbocycles. The normalized spacial score (nSPS) is 14.1. The lowest BCUT2D eigenvalue weighted by atomic mass is 9.99. The SMILES string of the molecule is Cc1ccc2c(c1)CCCN2C(=O)C(=O)NN. The van der Waals surface area contributed by atoms with Crippen LogP contribution in [0.3, 0.4) is 0 Å². The molecule has 90 valence electrons. The van der Waals surface area contributed by atoms with Crippen LogP contribution in [0.5, 0.6) is 0 Å². The van der Waals surface area contributed by atoms with Gasteiger partial charge in [-0.3, -0.25) is 15.0 Å². The molecule has 0 atom stereocenters. The summed E-state index contributed by atoms with van der Waals surface area (Å²) >= 11 is 0. The fourth-order valence-electron chi connectivity index (χ4n) is 2.12. The minimum atomic E-state index is -0.779. The third-order valence-electron chi connectivity index (χ3n) is 2.92. The van der Waals surface area contributed by atoms with Gasteiger partial charge in [-0.25, -0.2) is 5.84 Å². The lowest BCUT2D eigenvalue weighted by Crippen LogP contribution is -2.47. The maximum absolute atomic E-state index is 11.8. The van der Waals surface area contributed by atoms with Crippen LogP contribution in [-0.4, -0.2) is 18.4 Å². The highest BCUT2D eigenvalue weighted by Gasteiger charge is 2.26. The molecule has 5 heteroatoms. The van der Waals surface area contributed by atoms with Gasteiger partial charge < -0.3 is 4.90 Å². The summed E-state index contributed by atoms with van der Waals surface area (Å²) in [6, 6.07) is 5.87. The Bertz CT molecular complexity index is 471. The number of anilines is 1. The lowest BCUT2D eigenvalue weighted by molar-refractivity contribution is -0.137. The predicted molar refractivity (Wildman–Crippen MR) is 64.2 cm³/mol. The Balaban J connectivity index is 2.35. The molecular weight excluding hydrogens is 218 g/mol. The molecule has 1 heterocycles. The van der Waals surface area contributed by atoms with E-state index >= 15 is 0 Å². The zero-order valence-corrected chi connectivity index (χ0v) is 9.69. The Morgan fingerprint density at radius 2 is 2.18 bits per heavy atom. The summed E-state index contributed by atoms with van der Waals surface area (Å²) < 4.78 is 0. The van der Waals surface area contributed by atoms with Crippen LogP contribution in [0.15, 0.2) is 18.2 Å². The van der Waals surface area contributed by atoms with Gasteiger partial charge in [0.05, 0.1) is 0 Å². The first kappa shape index (κ1) is 11.6. The first-order valence-electron chi connectivity index (χ1n) is 5.55. The number of benzene rings is 1. The number of rotatable bonds is 0. The molecule has 1 aromatic rings. The molecule has 0 bridgehead atoms. The largest absolute Gasteiger partial charge is 0.323 e. The van der Waals surface area contributed by atoms with Crippen molar-refractivity contribution in [1.29, 1.82) is 0 Å². The number of carbonyl (C=O) groups is 2. The van der Waals surface area contributed by atoms with Crippen LogP contribution < -0.4 is 16.2 Å². The van der Waals surface area contributed by atoms with Crippen LogP contribution in [0.25, 0.3) is 0 Å². The minimum Gasteiger partial charge on any atom is -0.304 e. The highest BCUT2D eigenvalue weighted by molar-refractivity contribution is 6.40. The molecule has 1 aliphatic rings. The van der Waals surface area contributed by atoms with Crippen molar-refractivity contribution in [1.82, 2.24) is 5.43 Å². The molecule has 0 spiro atoms. The van der Waals surface area contributed by atoms with Crippen LogP contribution in [0.2, 0.25) is 0 Å². The van der Waals surface area contributed by atoms with Gasteiger partial charge in [-0.15, -0.1) is 0 Å². The van der Waals surface area contributed by atoms with Gasteiger partial charge in [-0.2, -0.15) is 0 Å². The summed E-state index contributed by atoms with van der Waals surface area (Å²) in [5.41, 5.74) is 4.95. The fourth-order valence-corrected chi connectivity index (χ4v) is 2.12. The van der Waals surface area contributed by atoms with E-state index in [4.69, 9.17) is 5.84 Å². The molecule has 1 aliphatic heterocycles. The third-order valence-corrected chi connectivity index (χ3v) is 2.92. The number of aryl methyl sites for hydroxylation is 2. The van der Waals surface area contributed by atoms with E-state index in [0.29, 0.717) is 6.54 Å². The maximum atomic E-state index is 11.8.